The second kappa shape index (κ2) is 5.13. The molecule has 0 amide bonds. The number of epoxide rings is 1. The molecule has 1 aliphatic rings. The molecule has 3 rings (SSSR count). The molecule has 1 heterocycles. The fourth-order valence-corrected chi connectivity index (χ4v) is 2.19. The maximum atomic E-state index is 5.72. The highest BCUT2D eigenvalue weighted by Gasteiger charge is 2.40. The van der Waals surface area contributed by atoms with Crippen LogP contribution in [0.2, 0.25) is 0 Å². The summed E-state index contributed by atoms with van der Waals surface area (Å²) in [5.74, 6) is 0.894. The average Bonchev–Trinajstić information content (AvgIpc) is 3.17. The van der Waals surface area contributed by atoms with Gasteiger partial charge in [-0.25, -0.2) is 0 Å². The molecule has 1 fully saturated rings. The fraction of sp³-hybridized carbons (Fsp3) is 0.250. The second-order valence-corrected chi connectivity index (χ2v) is 6.30. The van der Waals surface area contributed by atoms with Gasteiger partial charge in [0.05, 0.1) is 6.61 Å². The summed E-state index contributed by atoms with van der Waals surface area (Å²) in [6, 6.07) is 16.7. The van der Waals surface area contributed by atoms with Gasteiger partial charge in [0.1, 0.15) is 18.0 Å². The molecule has 0 aliphatic carbocycles. The minimum absolute atomic E-state index is 0.0607. The van der Waals surface area contributed by atoms with E-state index in [0.29, 0.717) is 6.61 Å². The molecule has 0 aromatic heterocycles. The zero-order valence-electron chi connectivity index (χ0n) is 10.7. The molecule has 1 aliphatic heterocycles. The van der Waals surface area contributed by atoms with Gasteiger partial charge in [0, 0.05) is 3.57 Å². The molecule has 0 saturated carbocycles. The molecule has 0 bridgehead atoms. The minimum Gasteiger partial charge on any atom is -0.491 e. The van der Waals surface area contributed by atoms with Crippen LogP contribution in [0.3, 0.4) is 0 Å². The molecule has 0 spiro atoms. The van der Waals surface area contributed by atoms with E-state index in [0.717, 1.165) is 12.4 Å². The fourth-order valence-electron chi connectivity index (χ4n) is 1.83. The summed E-state index contributed by atoms with van der Waals surface area (Å²) in [7, 11) is 0. The van der Waals surface area contributed by atoms with Crippen molar-refractivity contribution >= 4 is 22.6 Å². The van der Waals surface area contributed by atoms with Crippen molar-refractivity contribution in [3.63, 3.8) is 0 Å². The third kappa shape index (κ3) is 3.28. The number of rotatable bonds is 4. The molecule has 3 heteroatoms. The van der Waals surface area contributed by atoms with Crippen molar-refractivity contribution in [3.8, 4) is 16.9 Å². The topological polar surface area (TPSA) is 21.8 Å². The Kier molecular flexibility index (Phi) is 3.50. The Morgan fingerprint density at radius 3 is 2.11 bits per heavy atom. The first-order chi connectivity index (χ1) is 9.15. The lowest BCUT2D eigenvalue weighted by atomic mass is 10.1. The van der Waals surface area contributed by atoms with Crippen LogP contribution in [0.15, 0.2) is 48.5 Å². The summed E-state index contributed by atoms with van der Waals surface area (Å²) in [6.45, 7) is 3.48. The van der Waals surface area contributed by atoms with Gasteiger partial charge in [-0.1, -0.05) is 24.3 Å². The molecule has 19 heavy (non-hydrogen) atoms. The summed E-state index contributed by atoms with van der Waals surface area (Å²) in [5, 5.41) is 0. The summed E-state index contributed by atoms with van der Waals surface area (Å²) in [4.78, 5) is 0. The van der Waals surface area contributed by atoms with Gasteiger partial charge in [-0.2, -0.15) is 0 Å². The summed E-state index contributed by atoms with van der Waals surface area (Å²) in [5.41, 5.74) is 2.37. The van der Waals surface area contributed by atoms with Crippen LogP contribution < -0.4 is 4.74 Å². The van der Waals surface area contributed by atoms with E-state index >= 15 is 0 Å². The van der Waals surface area contributed by atoms with Gasteiger partial charge in [-0.05, 0) is 64.9 Å². The Bertz CT molecular complexity index is 556. The van der Waals surface area contributed by atoms with Gasteiger partial charge in [0.15, 0.2) is 0 Å². The molecule has 1 unspecified atom stereocenters. The van der Waals surface area contributed by atoms with Crippen molar-refractivity contribution in [2.45, 2.75) is 12.5 Å². The SMILES string of the molecule is CC1(COc2ccc(-c3ccc(I)cc3)cc2)CO1. The Labute approximate surface area is 126 Å². The van der Waals surface area contributed by atoms with Crippen LogP contribution in [0.4, 0.5) is 0 Å². The van der Waals surface area contributed by atoms with Crippen molar-refractivity contribution in [2.24, 2.45) is 0 Å². The first-order valence-electron chi connectivity index (χ1n) is 6.27. The first kappa shape index (κ1) is 12.9. The lowest BCUT2D eigenvalue weighted by molar-refractivity contribution is 0.202. The Morgan fingerprint density at radius 1 is 1.05 bits per heavy atom. The maximum Gasteiger partial charge on any atom is 0.123 e. The van der Waals surface area contributed by atoms with Gasteiger partial charge in [0.2, 0.25) is 0 Å². The van der Waals surface area contributed by atoms with E-state index in [-0.39, 0.29) is 5.60 Å². The smallest absolute Gasteiger partial charge is 0.123 e. The molecule has 1 saturated heterocycles. The highest BCUT2D eigenvalue weighted by Crippen LogP contribution is 2.28. The van der Waals surface area contributed by atoms with Crippen LogP contribution in [0.25, 0.3) is 11.1 Å². The summed E-state index contributed by atoms with van der Waals surface area (Å²) >= 11 is 2.31. The van der Waals surface area contributed by atoms with E-state index in [2.05, 4.69) is 65.9 Å². The molecule has 1 atom stereocenters. The van der Waals surface area contributed by atoms with Crippen LogP contribution in [-0.2, 0) is 4.74 Å². The van der Waals surface area contributed by atoms with E-state index in [1.807, 2.05) is 12.1 Å². The summed E-state index contributed by atoms with van der Waals surface area (Å²) < 4.78 is 12.3. The number of hydrogen-bond acceptors (Lipinski definition) is 2. The van der Waals surface area contributed by atoms with Crippen LogP contribution >= 0.6 is 22.6 Å². The number of halogens is 1. The molecular weight excluding hydrogens is 351 g/mol. The van der Waals surface area contributed by atoms with Crippen LogP contribution in [0.5, 0.6) is 5.75 Å². The maximum absolute atomic E-state index is 5.72. The van der Waals surface area contributed by atoms with Crippen LogP contribution in [-0.4, -0.2) is 18.8 Å². The van der Waals surface area contributed by atoms with Crippen molar-refractivity contribution in [1.29, 1.82) is 0 Å². The molecular formula is C16H15IO2. The molecule has 0 N–H and O–H groups in total. The lowest BCUT2D eigenvalue weighted by Gasteiger charge is -2.09. The normalized spacial score (nSPS) is 21.2. The van der Waals surface area contributed by atoms with Gasteiger partial charge in [-0.3, -0.25) is 0 Å². The predicted octanol–water partition coefficient (Wildman–Crippen LogP) is 4.13. The van der Waals surface area contributed by atoms with E-state index in [1.54, 1.807) is 0 Å². The zero-order valence-corrected chi connectivity index (χ0v) is 12.9. The highest BCUT2D eigenvalue weighted by atomic mass is 127. The largest absolute Gasteiger partial charge is 0.491 e. The molecule has 0 radical (unpaired) electrons. The van der Waals surface area contributed by atoms with Crippen molar-refractivity contribution in [2.75, 3.05) is 13.2 Å². The van der Waals surface area contributed by atoms with Gasteiger partial charge < -0.3 is 9.47 Å². The van der Waals surface area contributed by atoms with E-state index < -0.39 is 0 Å². The van der Waals surface area contributed by atoms with Crippen molar-refractivity contribution in [3.05, 3.63) is 52.1 Å². The lowest BCUT2D eigenvalue weighted by Crippen LogP contribution is -2.16. The molecule has 2 aromatic carbocycles. The van der Waals surface area contributed by atoms with E-state index in [9.17, 15) is 0 Å². The first-order valence-corrected chi connectivity index (χ1v) is 7.35. The molecule has 98 valence electrons. The second-order valence-electron chi connectivity index (χ2n) is 5.06. The number of hydrogen-bond donors (Lipinski definition) is 0. The zero-order chi connectivity index (χ0) is 13.3. The Hall–Kier alpha value is -1.07. The van der Waals surface area contributed by atoms with Crippen LogP contribution in [0.1, 0.15) is 6.92 Å². The minimum atomic E-state index is -0.0607. The summed E-state index contributed by atoms with van der Waals surface area (Å²) in [6.07, 6.45) is 0. The van der Waals surface area contributed by atoms with Crippen LogP contribution in [0, 0.1) is 3.57 Å². The van der Waals surface area contributed by atoms with Gasteiger partial charge in [-0.15, -0.1) is 0 Å². The van der Waals surface area contributed by atoms with Crippen molar-refractivity contribution in [1.82, 2.24) is 0 Å². The predicted molar refractivity (Wildman–Crippen MR) is 84.4 cm³/mol. The third-order valence-electron chi connectivity index (χ3n) is 3.21. The average molecular weight is 366 g/mol. The Balaban J connectivity index is 1.69. The number of benzene rings is 2. The standard InChI is InChI=1S/C16H15IO2/c1-16(11-19-16)10-18-15-8-4-13(5-9-15)12-2-6-14(17)7-3-12/h2-9H,10-11H2,1H3. The molecule has 2 nitrogen and oxygen atoms in total. The quantitative estimate of drug-likeness (QED) is 0.600. The molecule has 2 aromatic rings. The van der Waals surface area contributed by atoms with Gasteiger partial charge in [0.25, 0.3) is 0 Å². The van der Waals surface area contributed by atoms with Crippen molar-refractivity contribution < 1.29 is 9.47 Å². The van der Waals surface area contributed by atoms with Gasteiger partial charge >= 0.3 is 0 Å². The monoisotopic (exact) mass is 366 g/mol. The third-order valence-corrected chi connectivity index (χ3v) is 3.93. The Morgan fingerprint density at radius 2 is 1.58 bits per heavy atom. The van der Waals surface area contributed by atoms with E-state index in [4.69, 9.17) is 9.47 Å². The highest BCUT2D eigenvalue weighted by molar-refractivity contribution is 14.1. The van der Waals surface area contributed by atoms with E-state index in [1.165, 1.54) is 14.7 Å². The number of ether oxygens (including phenoxy) is 2.